The van der Waals surface area contributed by atoms with Gasteiger partial charge in [-0.2, -0.15) is 13.2 Å². The Hall–Kier alpha value is -3.88. The number of hydrogen-bond donors (Lipinski definition) is 0. The molecule has 0 saturated heterocycles. The molecule has 4 rings (SSSR count). The molecule has 4 aromatic rings. The lowest BCUT2D eigenvalue weighted by Crippen LogP contribution is -2.27. The van der Waals surface area contributed by atoms with Crippen LogP contribution in [0.5, 0.6) is 5.75 Å². The van der Waals surface area contributed by atoms with E-state index in [1.165, 1.54) is 42.5 Å². The monoisotopic (exact) mass is 578 g/mol. The summed E-state index contributed by atoms with van der Waals surface area (Å²) in [5.74, 6) is -1.41. The molecule has 2 aromatic carbocycles. The van der Waals surface area contributed by atoms with Crippen LogP contribution in [0.2, 0.25) is 5.02 Å². The minimum Gasteiger partial charge on any atom is -0.403 e. The van der Waals surface area contributed by atoms with E-state index in [1.807, 2.05) is 0 Å². The maximum atomic E-state index is 14.4. The van der Waals surface area contributed by atoms with Gasteiger partial charge in [0.15, 0.2) is 29.4 Å². The third kappa shape index (κ3) is 6.77. The molecule has 16 heteroatoms. The van der Waals surface area contributed by atoms with E-state index in [9.17, 15) is 35.5 Å². The summed E-state index contributed by atoms with van der Waals surface area (Å²) in [7, 11) is 0. The van der Waals surface area contributed by atoms with Crippen LogP contribution in [-0.2, 0) is 13.1 Å². The highest BCUT2D eigenvalue weighted by Crippen LogP contribution is 2.31. The lowest BCUT2D eigenvalue weighted by Gasteiger charge is -2.14. The van der Waals surface area contributed by atoms with Crippen LogP contribution in [0.25, 0.3) is 17.1 Å². The number of hydrogen-bond acceptors (Lipinski definition) is 5. The van der Waals surface area contributed by atoms with Gasteiger partial charge in [0.05, 0.1) is 6.42 Å². The summed E-state index contributed by atoms with van der Waals surface area (Å²) in [6.45, 7) is -0.182. The molecular formula is C23H18ClF7N6O2. The van der Waals surface area contributed by atoms with Crippen LogP contribution in [0.3, 0.4) is 0 Å². The van der Waals surface area contributed by atoms with E-state index in [1.54, 1.807) is 0 Å². The molecule has 0 spiro atoms. The molecule has 0 aliphatic rings. The molecule has 0 saturated carbocycles. The first-order valence-corrected chi connectivity index (χ1v) is 11.5. The molecule has 0 aliphatic carbocycles. The van der Waals surface area contributed by atoms with Crippen molar-refractivity contribution in [2.45, 2.75) is 45.1 Å². The lowest BCUT2D eigenvalue weighted by atomic mass is 10.2. The first-order valence-electron chi connectivity index (χ1n) is 11.2. The second kappa shape index (κ2) is 10.7. The Morgan fingerprint density at radius 3 is 2.28 bits per heavy atom. The van der Waals surface area contributed by atoms with Crippen molar-refractivity contribution in [3.05, 3.63) is 75.7 Å². The van der Waals surface area contributed by atoms with Gasteiger partial charge in [0.1, 0.15) is 12.2 Å². The number of halogens is 8. The fourth-order valence-corrected chi connectivity index (χ4v) is 3.77. The molecule has 208 valence electrons. The Morgan fingerprint density at radius 1 is 1.00 bits per heavy atom. The van der Waals surface area contributed by atoms with Gasteiger partial charge in [0, 0.05) is 17.1 Å². The summed E-state index contributed by atoms with van der Waals surface area (Å²) >= 11 is 5.88. The number of nitrogens with zero attached hydrogens (tertiary/aromatic N) is 6. The molecule has 2 aromatic heterocycles. The van der Waals surface area contributed by atoms with E-state index in [2.05, 4.69) is 19.9 Å². The Balaban J connectivity index is 1.76. The summed E-state index contributed by atoms with van der Waals surface area (Å²) in [5, 5.41) is 8.52. The van der Waals surface area contributed by atoms with Gasteiger partial charge in [0.25, 0.3) is 0 Å². The number of aromatic nitrogens is 6. The molecular weight excluding hydrogens is 561 g/mol. The summed E-state index contributed by atoms with van der Waals surface area (Å²) in [6.07, 6.45) is -12.7. The number of rotatable bonds is 8. The van der Waals surface area contributed by atoms with Gasteiger partial charge in [0.2, 0.25) is 0 Å². The van der Waals surface area contributed by atoms with E-state index >= 15 is 0 Å². The normalized spacial score (nSPS) is 13.1. The Kier molecular flexibility index (Phi) is 7.73. The molecule has 0 bridgehead atoms. The minimum absolute atomic E-state index is 0.0941. The smallest absolute Gasteiger partial charge is 0.403 e. The Morgan fingerprint density at radius 2 is 1.67 bits per heavy atom. The van der Waals surface area contributed by atoms with Crippen molar-refractivity contribution in [2.75, 3.05) is 0 Å². The Labute approximate surface area is 220 Å². The van der Waals surface area contributed by atoms with Crippen LogP contribution < -0.4 is 10.4 Å². The third-order valence-electron chi connectivity index (χ3n) is 5.29. The average molecular weight is 579 g/mol. The van der Waals surface area contributed by atoms with Crippen molar-refractivity contribution in [2.24, 2.45) is 0 Å². The zero-order valence-electron chi connectivity index (χ0n) is 19.8. The zero-order chi connectivity index (χ0) is 28.5. The van der Waals surface area contributed by atoms with Gasteiger partial charge in [-0.3, -0.25) is 4.57 Å². The summed E-state index contributed by atoms with van der Waals surface area (Å²) < 4.78 is 98.4. The van der Waals surface area contributed by atoms with E-state index in [4.69, 9.17) is 11.6 Å². The van der Waals surface area contributed by atoms with Crippen molar-refractivity contribution in [1.82, 2.24) is 29.1 Å². The first-order chi connectivity index (χ1) is 18.2. The zero-order valence-corrected chi connectivity index (χ0v) is 20.6. The molecule has 0 N–H and O–H groups in total. The van der Waals surface area contributed by atoms with Gasteiger partial charge >= 0.3 is 18.2 Å². The predicted molar refractivity (Wildman–Crippen MR) is 124 cm³/mol. The topological polar surface area (TPSA) is 79.8 Å². The quantitative estimate of drug-likeness (QED) is 0.244. The van der Waals surface area contributed by atoms with Gasteiger partial charge in [-0.1, -0.05) is 23.7 Å². The molecule has 39 heavy (non-hydrogen) atoms. The predicted octanol–water partition coefficient (Wildman–Crippen LogP) is 5.88. The molecule has 2 heterocycles. The van der Waals surface area contributed by atoms with Gasteiger partial charge in [-0.25, -0.2) is 23.5 Å². The summed E-state index contributed by atoms with van der Waals surface area (Å²) in [4.78, 5) is 17.0. The van der Waals surface area contributed by atoms with Crippen molar-refractivity contribution >= 4 is 11.6 Å². The second-order valence-electron chi connectivity index (χ2n) is 8.22. The fraction of sp³-hybridized carbons (Fsp3) is 0.304. The highest BCUT2D eigenvalue weighted by Gasteiger charge is 2.33. The molecule has 0 fully saturated rings. The van der Waals surface area contributed by atoms with Crippen molar-refractivity contribution < 1.29 is 35.5 Å². The van der Waals surface area contributed by atoms with Crippen LogP contribution in [0.4, 0.5) is 30.7 Å². The fourth-order valence-electron chi connectivity index (χ4n) is 3.64. The number of benzene rings is 2. The van der Waals surface area contributed by atoms with Crippen molar-refractivity contribution in [3.8, 4) is 22.8 Å². The summed E-state index contributed by atoms with van der Waals surface area (Å²) in [5.41, 5.74) is -0.915. The van der Waals surface area contributed by atoms with Gasteiger partial charge < -0.3 is 4.74 Å². The average Bonchev–Trinajstić information content (AvgIpc) is 3.39. The third-order valence-corrected chi connectivity index (χ3v) is 5.54. The number of ether oxygens (including phenoxy) is 1. The molecule has 1 unspecified atom stereocenters. The maximum absolute atomic E-state index is 14.4. The van der Waals surface area contributed by atoms with Gasteiger partial charge in [-0.05, 0) is 43.3 Å². The highest BCUT2D eigenvalue weighted by molar-refractivity contribution is 6.30. The van der Waals surface area contributed by atoms with Crippen molar-refractivity contribution in [3.63, 3.8) is 0 Å². The standard InChI is InChI=1S/C23H18ClF7N6O2/c1-13(25)19-32-18(33-37(19)16-4-2-3-5-17(16)39-23(29,30)31)12-36-21(38)35(11-10-22(26,27)28)20(34-36)14-6-8-15(24)9-7-14/h2-9,13H,10-12H2,1H3. The van der Waals surface area contributed by atoms with Crippen LogP contribution in [0, 0.1) is 0 Å². The van der Waals surface area contributed by atoms with Crippen LogP contribution >= 0.6 is 11.6 Å². The number of alkyl halides is 7. The molecule has 0 amide bonds. The Bertz CT molecular complexity index is 1510. The van der Waals surface area contributed by atoms with Crippen LogP contribution in [0.1, 0.15) is 31.2 Å². The van der Waals surface area contributed by atoms with E-state index in [0.29, 0.717) is 10.6 Å². The molecule has 0 radical (unpaired) electrons. The van der Waals surface area contributed by atoms with E-state index in [0.717, 1.165) is 26.9 Å². The van der Waals surface area contributed by atoms with E-state index < -0.39 is 55.5 Å². The number of para-hydroxylation sites is 2. The lowest BCUT2D eigenvalue weighted by molar-refractivity contribution is -0.274. The van der Waals surface area contributed by atoms with E-state index in [-0.39, 0.29) is 17.3 Å². The maximum Gasteiger partial charge on any atom is 0.573 e. The van der Waals surface area contributed by atoms with Crippen molar-refractivity contribution in [1.29, 1.82) is 0 Å². The first kappa shape index (κ1) is 28.1. The summed E-state index contributed by atoms with van der Waals surface area (Å²) in [6, 6.07) is 10.7. The molecule has 0 aliphatic heterocycles. The largest absolute Gasteiger partial charge is 0.573 e. The SMILES string of the molecule is CC(F)c1nc(Cn2nc(-c3ccc(Cl)cc3)n(CCC(F)(F)F)c2=O)nn1-c1ccccc1OC(F)(F)F. The molecule has 8 nitrogen and oxygen atoms in total. The molecule has 1 atom stereocenters. The van der Waals surface area contributed by atoms with Crippen LogP contribution in [-0.4, -0.2) is 41.7 Å². The highest BCUT2D eigenvalue weighted by atomic mass is 35.5. The second-order valence-corrected chi connectivity index (χ2v) is 8.65. The van der Waals surface area contributed by atoms with Gasteiger partial charge in [-0.15, -0.1) is 23.4 Å². The minimum atomic E-state index is -5.05. The van der Waals surface area contributed by atoms with Crippen LogP contribution in [0.15, 0.2) is 53.3 Å².